The van der Waals surface area contributed by atoms with Crippen LogP contribution in [0.3, 0.4) is 0 Å². The second-order valence-electron chi connectivity index (χ2n) is 3.96. The maximum absolute atomic E-state index is 4.69. The van der Waals surface area contributed by atoms with E-state index in [4.69, 9.17) is 4.98 Å². The minimum atomic E-state index is 0.954. The van der Waals surface area contributed by atoms with Crippen molar-refractivity contribution in [2.75, 3.05) is 13.6 Å². The van der Waals surface area contributed by atoms with Crippen molar-refractivity contribution in [1.29, 1.82) is 0 Å². The fourth-order valence-corrected chi connectivity index (χ4v) is 3.22. The van der Waals surface area contributed by atoms with E-state index in [0.717, 1.165) is 27.5 Å². The molecule has 0 saturated carbocycles. The zero-order valence-electron chi connectivity index (χ0n) is 9.96. The maximum atomic E-state index is 4.69. The first-order chi connectivity index (χ1) is 8.20. The van der Waals surface area contributed by atoms with Gasteiger partial charge in [0.25, 0.3) is 0 Å². The van der Waals surface area contributed by atoms with E-state index in [9.17, 15) is 0 Å². The SMILES string of the molecule is CNCCc1nc(-c2cccc(C)c2)sc1Br. The van der Waals surface area contributed by atoms with Crippen molar-refractivity contribution in [1.82, 2.24) is 10.3 Å². The van der Waals surface area contributed by atoms with Crippen molar-refractivity contribution >= 4 is 27.3 Å². The zero-order chi connectivity index (χ0) is 12.3. The van der Waals surface area contributed by atoms with Crippen LogP contribution in [0.1, 0.15) is 11.3 Å². The van der Waals surface area contributed by atoms with E-state index in [1.807, 2.05) is 7.05 Å². The Morgan fingerprint density at radius 3 is 2.94 bits per heavy atom. The highest BCUT2D eigenvalue weighted by Gasteiger charge is 2.10. The van der Waals surface area contributed by atoms with Crippen LogP contribution in [0.4, 0.5) is 0 Å². The first kappa shape index (κ1) is 12.7. The largest absolute Gasteiger partial charge is 0.319 e. The second kappa shape index (κ2) is 5.76. The van der Waals surface area contributed by atoms with Gasteiger partial charge in [0.15, 0.2) is 0 Å². The molecule has 0 fully saturated rings. The molecule has 0 bridgehead atoms. The minimum Gasteiger partial charge on any atom is -0.319 e. The van der Waals surface area contributed by atoms with Gasteiger partial charge in [-0.25, -0.2) is 4.98 Å². The summed E-state index contributed by atoms with van der Waals surface area (Å²) in [5.41, 5.74) is 3.61. The molecule has 2 rings (SSSR count). The second-order valence-corrected chi connectivity index (χ2v) is 6.28. The molecular weight excluding hydrogens is 296 g/mol. The van der Waals surface area contributed by atoms with Crippen molar-refractivity contribution < 1.29 is 0 Å². The Morgan fingerprint density at radius 2 is 2.24 bits per heavy atom. The predicted octanol–water partition coefficient (Wildman–Crippen LogP) is 3.64. The number of rotatable bonds is 4. The van der Waals surface area contributed by atoms with Crippen LogP contribution in [0.2, 0.25) is 0 Å². The summed E-state index contributed by atoms with van der Waals surface area (Å²) in [4.78, 5) is 4.69. The third kappa shape index (κ3) is 3.15. The standard InChI is InChI=1S/C13H15BrN2S/c1-9-4-3-5-10(8-9)13-16-11(6-7-15-2)12(14)17-13/h3-5,8,15H,6-7H2,1-2H3. The lowest BCUT2D eigenvalue weighted by molar-refractivity contribution is 0.779. The van der Waals surface area contributed by atoms with E-state index in [-0.39, 0.29) is 0 Å². The third-order valence-electron chi connectivity index (χ3n) is 2.53. The summed E-state index contributed by atoms with van der Waals surface area (Å²) >= 11 is 5.30. The van der Waals surface area contributed by atoms with Crippen LogP contribution >= 0.6 is 27.3 Å². The summed E-state index contributed by atoms with van der Waals surface area (Å²) in [5, 5.41) is 4.23. The molecule has 0 aliphatic carbocycles. The summed E-state index contributed by atoms with van der Waals surface area (Å²) in [7, 11) is 1.96. The van der Waals surface area contributed by atoms with Crippen LogP contribution in [-0.4, -0.2) is 18.6 Å². The lowest BCUT2D eigenvalue weighted by atomic mass is 10.1. The van der Waals surface area contributed by atoms with E-state index in [1.165, 1.54) is 11.1 Å². The fraction of sp³-hybridized carbons (Fsp3) is 0.308. The molecule has 4 heteroatoms. The molecule has 1 aromatic carbocycles. The van der Waals surface area contributed by atoms with Crippen molar-refractivity contribution in [2.24, 2.45) is 0 Å². The number of nitrogens with zero attached hydrogens (tertiary/aromatic N) is 1. The molecule has 0 aliphatic rings. The molecule has 1 aromatic heterocycles. The Hall–Kier alpha value is -0.710. The van der Waals surface area contributed by atoms with Crippen molar-refractivity contribution in [2.45, 2.75) is 13.3 Å². The molecule has 2 aromatic rings. The average molecular weight is 311 g/mol. The quantitative estimate of drug-likeness (QED) is 0.932. The van der Waals surface area contributed by atoms with Gasteiger partial charge in [-0.1, -0.05) is 23.8 Å². The van der Waals surface area contributed by atoms with E-state index in [2.05, 4.69) is 52.4 Å². The molecule has 0 saturated heterocycles. The van der Waals surface area contributed by atoms with Crippen LogP contribution in [-0.2, 0) is 6.42 Å². The zero-order valence-corrected chi connectivity index (χ0v) is 12.4. The number of aryl methyl sites for hydroxylation is 1. The third-order valence-corrected chi connectivity index (χ3v) is 4.40. The summed E-state index contributed by atoms with van der Waals surface area (Å²) in [5.74, 6) is 0. The molecule has 0 radical (unpaired) electrons. The number of aromatic nitrogens is 1. The van der Waals surface area contributed by atoms with Crippen molar-refractivity contribution in [3.05, 3.63) is 39.3 Å². The van der Waals surface area contributed by atoms with Gasteiger partial charge < -0.3 is 5.32 Å². The van der Waals surface area contributed by atoms with Crippen LogP contribution in [0.15, 0.2) is 28.1 Å². The number of likely N-dealkylation sites (N-methyl/N-ethyl adjacent to an activating group) is 1. The summed E-state index contributed by atoms with van der Waals surface area (Å²) in [6.07, 6.45) is 0.958. The highest BCUT2D eigenvalue weighted by atomic mass is 79.9. The normalized spacial score (nSPS) is 10.8. The summed E-state index contributed by atoms with van der Waals surface area (Å²) in [6.45, 7) is 3.06. The average Bonchev–Trinajstić information content (AvgIpc) is 2.68. The molecule has 0 aliphatic heterocycles. The minimum absolute atomic E-state index is 0.954. The number of thiazole rings is 1. The van der Waals surface area contributed by atoms with Gasteiger partial charge in [0.2, 0.25) is 0 Å². The van der Waals surface area contributed by atoms with Crippen LogP contribution < -0.4 is 5.32 Å². The van der Waals surface area contributed by atoms with Gasteiger partial charge in [-0.3, -0.25) is 0 Å². The number of hydrogen-bond acceptors (Lipinski definition) is 3. The maximum Gasteiger partial charge on any atom is 0.124 e. The van der Waals surface area contributed by atoms with Gasteiger partial charge in [0.05, 0.1) is 9.48 Å². The van der Waals surface area contributed by atoms with Crippen molar-refractivity contribution in [3.63, 3.8) is 0 Å². The topological polar surface area (TPSA) is 24.9 Å². The smallest absolute Gasteiger partial charge is 0.124 e. The van der Waals surface area contributed by atoms with E-state index in [1.54, 1.807) is 11.3 Å². The molecule has 0 atom stereocenters. The molecule has 0 spiro atoms. The first-order valence-electron chi connectivity index (χ1n) is 5.57. The Morgan fingerprint density at radius 1 is 1.41 bits per heavy atom. The predicted molar refractivity (Wildman–Crippen MR) is 77.6 cm³/mol. The molecule has 17 heavy (non-hydrogen) atoms. The van der Waals surface area contributed by atoms with Gasteiger partial charge in [-0.05, 0) is 36.0 Å². The number of hydrogen-bond donors (Lipinski definition) is 1. The fourth-order valence-electron chi connectivity index (χ4n) is 1.63. The lowest BCUT2D eigenvalue weighted by Gasteiger charge is -1.98. The van der Waals surface area contributed by atoms with Gasteiger partial charge in [-0.15, -0.1) is 11.3 Å². The van der Waals surface area contributed by atoms with E-state index in [0.29, 0.717) is 0 Å². The highest BCUT2D eigenvalue weighted by Crippen LogP contribution is 2.32. The van der Waals surface area contributed by atoms with Gasteiger partial charge in [0, 0.05) is 18.5 Å². The molecule has 2 nitrogen and oxygen atoms in total. The Bertz CT molecular complexity index is 508. The molecule has 0 amide bonds. The van der Waals surface area contributed by atoms with Crippen LogP contribution in [0.5, 0.6) is 0 Å². The number of nitrogens with one attached hydrogen (secondary N) is 1. The lowest BCUT2D eigenvalue weighted by Crippen LogP contribution is -2.10. The Balaban J connectivity index is 2.28. The van der Waals surface area contributed by atoms with Gasteiger partial charge in [-0.2, -0.15) is 0 Å². The molecule has 0 unspecified atom stereocenters. The highest BCUT2D eigenvalue weighted by molar-refractivity contribution is 9.11. The first-order valence-corrected chi connectivity index (χ1v) is 7.18. The van der Waals surface area contributed by atoms with E-state index >= 15 is 0 Å². The van der Waals surface area contributed by atoms with Crippen LogP contribution in [0.25, 0.3) is 10.6 Å². The summed E-state index contributed by atoms with van der Waals surface area (Å²) in [6, 6.07) is 8.47. The molecule has 1 heterocycles. The Kier molecular flexibility index (Phi) is 4.31. The number of halogens is 1. The summed E-state index contributed by atoms with van der Waals surface area (Å²) < 4.78 is 1.14. The molecule has 90 valence electrons. The van der Waals surface area contributed by atoms with Gasteiger partial charge >= 0.3 is 0 Å². The van der Waals surface area contributed by atoms with Gasteiger partial charge in [0.1, 0.15) is 5.01 Å². The Labute approximate surface area is 114 Å². The molecule has 1 N–H and O–H groups in total. The van der Waals surface area contributed by atoms with Crippen molar-refractivity contribution in [3.8, 4) is 10.6 Å². The monoisotopic (exact) mass is 310 g/mol. The van der Waals surface area contributed by atoms with E-state index < -0.39 is 0 Å². The number of benzene rings is 1. The van der Waals surface area contributed by atoms with Crippen LogP contribution in [0, 0.1) is 6.92 Å². The molecular formula is C13H15BrN2S.